The molecule has 0 radical (unpaired) electrons. The maximum atomic E-state index is 12.1. The maximum Gasteiger partial charge on any atom is 0.409 e. The number of rotatable bonds is 4. The van der Waals surface area contributed by atoms with Gasteiger partial charge in [0.05, 0.1) is 6.61 Å². The van der Waals surface area contributed by atoms with Gasteiger partial charge in [-0.05, 0) is 42.2 Å². The highest BCUT2D eigenvalue weighted by atomic mass is 16.6. The third-order valence-electron chi connectivity index (χ3n) is 4.91. The number of nitrogens with zero attached hydrogens (tertiary/aromatic N) is 1. The van der Waals surface area contributed by atoms with Crippen LogP contribution in [0.1, 0.15) is 44.1 Å². The molecule has 3 rings (SSSR count). The van der Waals surface area contributed by atoms with Crippen molar-refractivity contribution in [1.82, 2.24) is 4.90 Å². The van der Waals surface area contributed by atoms with E-state index in [0.717, 1.165) is 49.8 Å². The largest absolute Gasteiger partial charge is 0.449 e. The lowest BCUT2D eigenvalue weighted by atomic mass is 9.86. The predicted octanol–water partition coefficient (Wildman–Crippen LogP) is 4.54. The molecule has 0 unspecified atom stereocenters. The van der Waals surface area contributed by atoms with Gasteiger partial charge in [-0.2, -0.15) is 0 Å². The zero-order valence-electron chi connectivity index (χ0n) is 14.3. The SMILES string of the molecule is CCCCOC(=O)N1CCC(c2ccc(N)c3ccccc23)CC1. The molecule has 4 nitrogen and oxygen atoms in total. The summed E-state index contributed by atoms with van der Waals surface area (Å²) in [5.41, 5.74) is 8.28. The number of ether oxygens (including phenoxy) is 1. The summed E-state index contributed by atoms with van der Waals surface area (Å²) >= 11 is 0. The minimum atomic E-state index is -0.163. The van der Waals surface area contributed by atoms with Crippen LogP contribution in [0.4, 0.5) is 10.5 Å². The van der Waals surface area contributed by atoms with Crippen LogP contribution in [0.25, 0.3) is 10.8 Å². The number of anilines is 1. The van der Waals surface area contributed by atoms with Crippen LogP contribution in [-0.2, 0) is 4.74 Å². The molecule has 1 aliphatic rings. The van der Waals surface area contributed by atoms with Crippen LogP contribution in [-0.4, -0.2) is 30.7 Å². The number of amides is 1. The molecule has 0 aliphatic carbocycles. The first-order valence-corrected chi connectivity index (χ1v) is 8.89. The molecule has 0 aromatic heterocycles. The molecule has 1 amide bonds. The Morgan fingerprint density at radius 1 is 1.17 bits per heavy atom. The van der Waals surface area contributed by atoms with Crippen LogP contribution in [0, 0.1) is 0 Å². The van der Waals surface area contributed by atoms with Crippen molar-refractivity contribution in [3.8, 4) is 0 Å². The number of fused-ring (bicyclic) bond motifs is 1. The monoisotopic (exact) mass is 326 g/mol. The van der Waals surface area contributed by atoms with Gasteiger partial charge in [-0.3, -0.25) is 0 Å². The van der Waals surface area contributed by atoms with Crippen molar-refractivity contribution < 1.29 is 9.53 Å². The highest BCUT2D eigenvalue weighted by molar-refractivity contribution is 5.95. The minimum Gasteiger partial charge on any atom is -0.449 e. The number of piperidine rings is 1. The molecule has 0 spiro atoms. The Labute approximate surface area is 143 Å². The van der Waals surface area contributed by atoms with E-state index in [2.05, 4.69) is 31.2 Å². The second-order valence-corrected chi connectivity index (χ2v) is 6.52. The zero-order valence-corrected chi connectivity index (χ0v) is 14.3. The van der Waals surface area contributed by atoms with Gasteiger partial charge in [0.25, 0.3) is 0 Å². The van der Waals surface area contributed by atoms with Gasteiger partial charge in [-0.15, -0.1) is 0 Å². The highest BCUT2D eigenvalue weighted by Gasteiger charge is 2.25. The molecule has 1 heterocycles. The number of hydrogen-bond donors (Lipinski definition) is 1. The summed E-state index contributed by atoms with van der Waals surface area (Å²) in [7, 11) is 0. The first-order valence-electron chi connectivity index (χ1n) is 8.89. The van der Waals surface area contributed by atoms with Crippen LogP contribution in [0.15, 0.2) is 36.4 Å². The Hall–Kier alpha value is -2.23. The van der Waals surface area contributed by atoms with Crippen molar-refractivity contribution in [3.05, 3.63) is 42.0 Å². The minimum absolute atomic E-state index is 0.163. The average Bonchev–Trinajstić information content (AvgIpc) is 2.63. The molecule has 1 saturated heterocycles. The molecule has 1 aliphatic heterocycles. The molecule has 2 N–H and O–H groups in total. The van der Waals surface area contributed by atoms with Crippen LogP contribution >= 0.6 is 0 Å². The van der Waals surface area contributed by atoms with Gasteiger partial charge in [-0.1, -0.05) is 43.7 Å². The second-order valence-electron chi connectivity index (χ2n) is 6.52. The van der Waals surface area contributed by atoms with Crippen molar-refractivity contribution in [2.75, 3.05) is 25.4 Å². The van der Waals surface area contributed by atoms with E-state index in [-0.39, 0.29) is 6.09 Å². The molecular formula is C20H26N2O2. The third kappa shape index (κ3) is 3.48. The Morgan fingerprint density at radius 3 is 2.58 bits per heavy atom. The number of nitrogen functional groups attached to an aromatic ring is 1. The lowest BCUT2D eigenvalue weighted by Crippen LogP contribution is -2.38. The number of carbonyl (C=O) groups is 1. The second kappa shape index (κ2) is 7.56. The number of benzene rings is 2. The van der Waals surface area contributed by atoms with Crippen molar-refractivity contribution >= 4 is 22.6 Å². The molecule has 128 valence electrons. The normalized spacial score (nSPS) is 15.6. The standard InChI is InChI=1S/C20H26N2O2/c1-2-3-14-24-20(23)22-12-10-15(11-13-22)16-8-9-19(21)18-7-5-4-6-17(16)18/h4-9,15H,2-3,10-14,21H2,1H3. The van der Waals surface area contributed by atoms with Gasteiger partial charge in [0, 0.05) is 24.2 Å². The van der Waals surface area contributed by atoms with E-state index >= 15 is 0 Å². The van der Waals surface area contributed by atoms with E-state index in [1.54, 1.807) is 0 Å². The topological polar surface area (TPSA) is 55.6 Å². The molecule has 24 heavy (non-hydrogen) atoms. The van der Waals surface area contributed by atoms with E-state index in [9.17, 15) is 4.79 Å². The summed E-state index contributed by atoms with van der Waals surface area (Å²) in [4.78, 5) is 13.9. The lowest BCUT2D eigenvalue weighted by Gasteiger charge is -2.32. The van der Waals surface area contributed by atoms with Crippen molar-refractivity contribution in [3.63, 3.8) is 0 Å². The lowest BCUT2D eigenvalue weighted by molar-refractivity contribution is 0.0916. The van der Waals surface area contributed by atoms with Gasteiger partial charge >= 0.3 is 6.09 Å². The summed E-state index contributed by atoms with van der Waals surface area (Å²) in [6.07, 6.45) is 3.75. The number of likely N-dealkylation sites (tertiary alicyclic amines) is 1. The Balaban J connectivity index is 1.67. The summed E-state index contributed by atoms with van der Waals surface area (Å²) in [6, 6.07) is 12.5. The summed E-state index contributed by atoms with van der Waals surface area (Å²) in [5.74, 6) is 0.468. The Bertz CT molecular complexity index is 706. The maximum absolute atomic E-state index is 12.1. The van der Waals surface area contributed by atoms with E-state index in [4.69, 9.17) is 10.5 Å². The van der Waals surface area contributed by atoms with E-state index < -0.39 is 0 Å². The Morgan fingerprint density at radius 2 is 1.88 bits per heavy atom. The quantitative estimate of drug-likeness (QED) is 0.663. The summed E-state index contributed by atoms with van der Waals surface area (Å²) in [6.45, 7) is 4.14. The van der Waals surface area contributed by atoms with E-state index in [0.29, 0.717) is 12.5 Å². The summed E-state index contributed by atoms with van der Waals surface area (Å²) < 4.78 is 5.32. The van der Waals surface area contributed by atoms with Crippen LogP contribution in [0.5, 0.6) is 0 Å². The average molecular weight is 326 g/mol. The van der Waals surface area contributed by atoms with Gasteiger partial charge < -0.3 is 15.4 Å². The van der Waals surface area contributed by atoms with Gasteiger partial charge in [0.1, 0.15) is 0 Å². The van der Waals surface area contributed by atoms with Crippen molar-refractivity contribution in [1.29, 1.82) is 0 Å². The molecule has 2 aromatic carbocycles. The van der Waals surface area contributed by atoms with Crippen LogP contribution < -0.4 is 5.73 Å². The highest BCUT2D eigenvalue weighted by Crippen LogP contribution is 2.35. The molecule has 1 fully saturated rings. The van der Waals surface area contributed by atoms with E-state index in [1.807, 2.05) is 17.0 Å². The molecule has 4 heteroatoms. The summed E-state index contributed by atoms with van der Waals surface area (Å²) in [5, 5.41) is 2.36. The Kier molecular flexibility index (Phi) is 5.24. The first kappa shape index (κ1) is 16.6. The van der Waals surface area contributed by atoms with Crippen molar-refractivity contribution in [2.45, 2.75) is 38.5 Å². The molecule has 0 bridgehead atoms. The predicted molar refractivity (Wildman–Crippen MR) is 98.2 cm³/mol. The third-order valence-corrected chi connectivity index (χ3v) is 4.91. The van der Waals surface area contributed by atoms with Gasteiger partial charge in [0.15, 0.2) is 0 Å². The van der Waals surface area contributed by atoms with Gasteiger partial charge in [-0.25, -0.2) is 4.79 Å². The fraction of sp³-hybridized carbons (Fsp3) is 0.450. The number of unbranched alkanes of at least 4 members (excludes halogenated alkanes) is 1. The van der Waals surface area contributed by atoms with Crippen molar-refractivity contribution in [2.24, 2.45) is 0 Å². The molecule has 2 aromatic rings. The van der Waals surface area contributed by atoms with Gasteiger partial charge in [0.2, 0.25) is 0 Å². The molecule has 0 saturated carbocycles. The van der Waals surface area contributed by atoms with Crippen LogP contribution in [0.2, 0.25) is 0 Å². The molecular weight excluding hydrogens is 300 g/mol. The van der Waals surface area contributed by atoms with Crippen LogP contribution in [0.3, 0.4) is 0 Å². The number of carbonyl (C=O) groups excluding carboxylic acids is 1. The first-order chi connectivity index (χ1) is 11.7. The fourth-order valence-corrected chi connectivity index (χ4v) is 3.47. The molecule has 0 atom stereocenters. The fourth-order valence-electron chi connectivity index (χ4n) is 3.47. The number of hydrogen-bond acceptors (Lipinski definition) is 3. The smallest absolute Gasteiger partial charge is 0.409 e. The number of nitrogens with two attached hydrogens (primary N) is 1. The van der Waals surface area contributed by atoms with E-state index in [1.165, 1.54) is 10.9 Å². The zero-order chi connectivity index (χ0) is 16.9.